The molecule has 0 bridgehead atoms. The van der Waals surface area contributed by atoms with Gasteiger partial charge in [0.05, 0.1) is 0 Å². The van der Waals surface area contributed by atoms with Gasteiger partial charge in [-0.3, -0.25) is 0 Å². The summed E-state index contributed by atoms with van der Waals surface area (Å²) in [6.07, 6.45) is 0. The van der Waals surface area contributed by atoms with E-state index in [1.54, 1.807) is 0 Å². The summed E-state index contributed by atoms with van der Waals surface area (Å²) in [5.41, 5.74) is 0. The second-order valence-corrected chi connectivity index (χ2v) is 0. The van der Waals surface area contributed by atoms with Crippen molar-refractivity contribution >= 4 is 24.8 Å². The van der Waals surface area contributed by atoms with E-state index in [-0.39, 0.29) is 69.9 Å². The number of hydrogen-bond acceptors (Lipinski definition) is 0. The van der Waals surface area contributed by atoms with Crippen LogP contribution in [-0.2, 0) is 34.1 Å². The van der Waals surface area contributed by atoms with Crippen molar-refractivity contribution in [1.29, 1.82) is 0 Å². The Labute approximate surface area is 69.8 Å². The summed E-state index contributed by atoms with van der Waals surface area (Å²) in [5, 5.41) is 0. The van der Waals surface area contributed by atoms with Gasteiger partial charge in [0, 0.05) is 34.1 Å². The minimum Gasteiger partial charge on any atom is -0.412 e. The number of halogens is 2. The average molecular weight is 236 g/mol. The van der Waals surface area contributed by atoms with E-state index in [1.807, 2.05) is 0 Å². The summed E-state index contributed by atoms with van der Waals surface area (Å²) < 4.78 is 0. The van der Waals surface area contributed by atoms with Crippen molar-refractivity contribution in [3.8, 4) is 0 Å². The largest absolute Gasteiger partial charge is 0.412 e. The van der Waals surface area contributed by atoms with Gasteiger partial charge in [0.1, 0.15) is 0 Å². The van der Waals surface area contributed by atoms with Gasteiger partial charge in [-0.15, -0.1) is 24.8 Å². The van der Waals surface area contributed by atoms with Gasteiger partial charge in [-0.1, -0.05) is 0 Å². The van der Waals surface area contributed by atoms with E-state index in [0.29, 0.717) is 0 Å². The molecule has 0 amide bonds. The summed E-state index contributed by atoms with van der Waals surface area (Å²) in [6, 6.07) is 0. The fraction of sp³-hybridized carbons (Fsp3) is 0. The fourth-order valence-corrected chi connectivity index (χ4v) is 0. The van der Waals surface area contributed by atoms with Crippen LogP contribution in [0.1, 0.15) is 0 Å². The van der Waals surface area contributed by atoms with Crippen molar-refractivity contribution in [1.82, 2.24) is 0 Å². The SMILES string of the molecule is Cl.Cl.O.O.[Cu].[Cu]. The van der Waals surface area contributed by atoms with E-state index in [9.17, 15) is 0 Å². The molecule has 0 aromatic heterocycles. The van der Waals surface area contributed by atoms with Crippen LogP contribution in [0.15, 0.2) is 0 Å². The fourth-order valence-electron chi connectivity index (χ4n) is 0. The van der Waals surface area contributed by atoms with Crippen LogP contribution in [-0.4, -0.2) is 11.0 Å². The molecule has 2 radical (unpaired) electrons. The first-order valence-corrected chi connectivity index (χ1v) is 0. The Hall–Kier alpha value is 1.54. The van der Waals surface area contributed by atoms with Crippen molar-refractivity contribution in [2.75, 3.05) is 0 Å². The van der Waals surface area contributed by atoms with E-state index in [0.717, 1.165) is 0 Å². The summed E-state index contributed by atoms with van der Waals surface area (Å²) in [7, 11) is 0. The molecule has 0 unspecified atom stereocenters. The van der Waals surface area contributed by atoms with Crippen molar-refractivity contribution in [2.45, 2.75) is 0 Å². The molecular formula is H6Cl2Cu2O2. The van der Waals surface area contributed by atoms with Crippen LogP contribution in [0.4, 0.5) is 0 Å². The van der Waals surface area contributed by atoms with Gasteiger partial charge < -0.3 is 11.0 Å². The zero-order valence-electron chi connectivity index (χ0n) is 2.42. The van der Waals surface area contributed by atoms with E-state index in [2.05, 4.69) is 0 Å². The van der Waals surface area contributed by atoms with Gasteiger partial charge in [0.25, 0.3) is 0 Å². The predicted octanol–water partition coefficient (Wildman–Crippen LogP) is -0.811. The summed E-state index contributed by atoms with van der Waals surface area (Å²) in [4.78, 5) is 0. The first-order chi connectivity index (χ1) is 0. The molecule has 6 heavy (non-hydrogen) atoms. The van der Waals surface area contributed by atoms with Gasteiger partial charge in [-0.05, 0) is 0 Å². The van der Waals surface area contributed by atoms with Crippen molar-refractivity contribution in [2.24, 2.45) is 0 Å². The standard InChI is InChI=1S/2ClH.2Cu.2H2O/h2*1H;;;2*1H2. The van der Waals surface area contributed by atoms with E-state index in [1.165, 1.54) is 0 Å². The molecular weight excluding hydrogens is 230 g/mol. The molecule has 0 saturated carbocycles. The third kappa shape index (κ3) is 48.2. The summed E-state index contributed by atoms with van der Waals surface area (Å²) >= 11 is 0. The Morgan fingerprint density at radius 2 is 0.500 bits per heavy atom. The molecule has 0 saturated heterocycles. The quantitative estimate of drug-likeness (QED) is 0.494. The average Bonchev–Trinajstić information content (AvgIpc) is 0. The van der Waals surface area contributed by atoms with Gasteiger partial charge in [-0.2, -0.15) is 0 Å². The Bertz CT molecular complexity index is 9.51. The second-order valence-electron chi connectivity index (χ2n) is 0. The Morgan fingerprint density at radius 3 is 0.500 bits per heavy atom. The normalized spacial score (nSPS) is 0. The second kappa shape index (κ2) is 84.7. The van der Waals surface area contributed by atoms with Crippen LogP contribution in [0.25, 0.3) is 0 Å². The molecule has 2 nitrogen and oxygen atoms in total. The molecule has 0 aliphatic rings. The zero-order valence-corrected chi connectivity index (χ0v) is 5.94. The molecule has 0 heterocycles. The van der Waals surface area contributed by atoms with Gasteiger partial charge in [0.15, 0.2) is 0 Å². The van der Waals surface area contributed by atoms with Gasteiger partial charge in [-0.25, -0.2) is 0 Å². The van der Waals surface area contributed by atoms with E-state index in [4.69, 9.17) is 0 Å². The van der Waals surface area contributed by atoms with Crippen molar-refractivity contribution in [3.63, 3.8) is 0 Å². The van der Waals surface area contributed by atoms with Crippen LogP contribution in [0.2, 0.25) is 0 Å². The molecule has 6 heteroatoms. The minimum absolute atomic E-state index is 0. The molecule has 0 aromatic rings. The summed E-state index contributed by atoms with van der Waals surface area (Å²) in [6.45, 7) is 0. The molecule has 0 aromatic carbocycles. The van der Waals surface area contributed by atoms with Crippen molar-refractivity contribution in [3.05, 3.63) is 0 Å². The smallest absolute Gasteiger partial charge is 0 e. The van der Waals surface area contributed by atoms with E-state index >= 15 is 0 Å². The van der Waals surface area contributed by atoms with Crippen LogP contribution in [0.5, 0.6) is 0 Å². The van der Waals surface area contributed by atoms with Crippen LogP contribution in [0.3, 0.4) is 0 Å². The van der Waals surface area contributed by atoms with Crippen LogP contribution >= 0.6 is 24.8 Å². The third-order valence-corrected chi connectivity index (χ3v) is 0. The minimum atomic E-state index is 0. The zero-order chi connectivity index (χ0) is 0. The molecule has 54 valence electrons. The first-order valence-electron chi connectivity index (χ1n) is 0. The molecule has 4 N–H and O–H groups in total. The van der Waals surface area contributed by atoms with Crippen molar-refractivity contribution < 1.29 is 45.1 Å². The number of hydrogen-bond donors (Lipinski definition) is 0. The van der Waals surface area contributed by atoms with Gasteiger partial charge >= 0.3 is 0 Å². The van der Waals surface area contributed by atoms with E-state index < -0.39 is 0 Å². The first kappa shape index (κ1) is 136. The van der Waals surface area contributed by atoms with Crippen LogP contribution in [0, 0.1) is 0 Å². The molecule has 0 aliphatic heterocycles. The summed E-state index contributed by atoms with van der Waals surface area (Å²) in [5.74, 6) is 0. The molecule has 0 spiro atoms. The topological polar surface area (TPSA) is 63.0 Å². The number of rotatable bonds is 0. The maximum absolute atomic E-state index is 0. The Balaban J connectivity index is 0. The maximum Gasteiger partial charge on any atom is 0 e. The molecule has 0 aliphatic carbocycles. The molecule has 0 atom stereocenters. The maximum atomic E-state index is 0. The third-order valence-electron chi connectivity index (χ3n) is 0. The molecule has 0 rings (SSSR count). The van der Waals surface area contributed by atoms with Crippen LogP contribution < -0.4 is 0 Å². The Kier molecular flexibility index (Phi) is 1920. The predicted molar refractivity (Wildman–Crippen MR) is 21.7 cm³/mol. The Morgan fingerprint density at radius 1 is 0.500 bits per heavy atom. The monoisotopic (exact) mass is 234 g/mol. The molecule has 0 fully saturated rings. The van der Waals surface area contributed by atoms with Gasteiger partial charge in [0.2, 0.25) is 0 Å².